The Morgan fingerprint density at radius 1 is 1.17 bits per heavy atom. The van der Waals surface area contributed by atoms with E-state index in [1.807, 2.05) is 0 Å². The maximum absolute atomic E-state index is 12.2. The molecule has 124 valence electrons. The summed E-state index contributed by atoms with van der Waals surface area (Å²) >= 11 is 14.6. The molecule has 1 aromatic rings. The van der Waals surface area contributed by atoms with Gasteiger partial charge in [0.15, 0.2) is 0 Å². The highest BCUT2D eigenvalue weighted by Gasteiger charge is 2.34. The van der Waals surface area contributed by atoms with Crippen LogP contribution in [0.2, 0.25) is 10.0 Å². The third-order valence-corrected chi connectivity index (χ3v) is 4.28. The van der Waals surface area contributed by atoms with Crippen LogP contribution < -0.4 is 4.90 Å². The van der Waals surface area contributed by atoms with Crippen molar-refractivity contribution in [1.82, 2.24) is 0 Å². The monoisotopic (exact) mass is 471 g/mol. The molecule has 0 spiro atoms. The SMILES string of the molecule is COC(=O)C1=C(C(=O)OC)N(c2c(Cl)cc(I)cc2Cl)COC1. The molecule has 6 nitrogen and oxygen atoms in total. The second-order valence-electron chi connectivity index (χ2n) is 4.43. The van der Waals surface area contributed by atoms with Gasteiger partial charge in [-0.1, -0.05) is 23.2 Å². The lowest BCUT2D eigenvalue weighted by Crippen LogP contribution is -2.39. The average Bonchev–Trinajstić information content (AvgIpc) is 2.52. The van der Waals surface area contributed by atoms with Crippen molar-refractivity contribution in [1.29, 1.82) is 0 Å². The number of methoxy groups -OCH3 is 2. The first kappa shape index (κ1) is 18.3. The molecule has 0 N–H and O–H groups in total. The Bertz CT molecular complexity index is 669. The number of carbonyl (C=O) groups excluding carboxylic acids is 2. The molecule has 0 amide bonds. The Morgan fingerprint density at radius 2 is 1.74 bits per heavy atom. The summed E-state index contributed by atoms with van der Waals surface area (Å²) in [6.45, 7) is -0.0851. The van der Waals surface area contributed by atoms with Crippen LogP contribution in [0, 0.1) is 3.57 Å². The summed E-state index contributed by atoms with van der Waals surface area (Å²) in [5, 5.41) is 0.635. The van der Waals surface area contributed by atoms with E-state index < -0.39 is 11.9 Å². The van der Waals surface area contributed by atoms with E-state index in [2.05, 4.69) is 22.6 Å². The summed E-state index contributed by atoms with van der Waals surface area (Å²) in [6.07, 6.45) is 0. The highest BCUT2D eigenvalue weighted by atomic mass is 127. The van der Waals surface area contributed by atoms with Gasteiger partial charge in [0.25, 0.3) is 0 Å². The molecule has 1 aromatic carbocycles. The van der Waals surface area contributed by atoms with Crippen molar-refractivity contribution in [2.24, 2.45) is 0 Å². The van der Waals surface area contributed by atoms with Crippen LogP contribution >= 0.6 is 45.8 Å². The molecule has 0 unspecified atom stereocenters. The van der Waals surface area contributed by atoms with Gasteiger partial charge in [-0.05, 0) is 34.7 Å². The molecule has 0 atom stereocenters. The van der Waals surface area contributed by atoms with Crippen LogP contribution in [0.15, 0.2) is 23.4 Å². The van der Waals surface area contributed by atoms with Gasteiger partial charge in [-0.25, -0.2) is 9.59 Å². The fourth-order valence-corrected chi connectivity index (χ4v) is 3.79. The lowest BCUT2D eigenvalue weighted by molar-refractivity contribution is -0.140. The van der Waals surface area contributed by atoms with Crippen molar-refractivity contribution in [3.05, 3.63) is 37.0 Å². The molecule has 0 fully saturated rings. The van der Waals surface area contributed by atoms with Gasteiger partial charge in [0, 0.05) is 3.57 Å². The van der Waals surface area contributed by atoms with Crippen molar-refractivity contribution in [3.63, 3.8) is 0 Å². The first-order valence-corrected chi connectivity index (χ1v) is 8.13. The van der Waals surface area contributed by atoms with Gasteiger partial charge >= 0.3 is 11.9 Å². The van der Waals surface area contributed by atoms with Crippen molar-refractivity contribution < 1.29 is 23.8 Å². The number of hydrogen-bond donors (Lipinski definition) is 0. The molecule has 0 aliphatic carbocycles. The van der Waals surface area contributed by atoms with Gasteiger partial charge in [0.2, 0.25) is 0 Å². The smallest absolute Gasteiger partial charge is 0.355 e. The number of carbonyl (C=O) groups is 2. The third-order valence-electron chi connectivity index (χ3n) is 3.08. The van der Waals surface area contributed by atoms with Gasteiger partial charge in [0.05, 0.1) is 42.1 Å². The van der Waals surface area contributed by atoms with Crippen LogP contribution in [0.4, 0.5) is 5.69 Å². The van der Waals surface area contributed by atoms with Crippen molar-refractivity contribution >= 4 is 63.4 Å². The molecular formula is C14H12Cl2INO5. The van der Waals surface area contributed by atoms with E-state index in [4.69, 9.17) is 37.4 Å². The Morgan fingerprint density at radius 3 is 2.26 bits per heavy atom. The van der Waals surface area contributed by atoms with Crippen molar-refractivity contribution in [2.45, 2.75) is 0 Å². The summed E-state index contributed by atoms with van der Waals surface area (Å²) in [5.41, 5.74) is 0.391. The minimum Gasteiger partial charge on any atom is -0.466 e. The topological polar surface area (TPSA) is 65.1 Å². The summed E-state index contributed by atoms with van der Waals surface area (Å²) in [7, 11) is 2.43. The maximum Gasteiger partial charge on any atom is 0.355 e. The molecule has 0 aromatic heterocycles. The average molecular weight is 472 g/mol. The van der Waals surface area contributed by atoms with E-state index >= 15 is 0 Å². The molecule has 1 aliphatic rings. The number of ether oxygens (including phenoxy) is 3. The minimum absolute atomic E-state index is 0.00407. The molecule has 1 heterocycles. The second kappa shape index (κ2) is 7.69. The number of nitrogens with zero attached hydrogens (tertiary/aromatic N) is 1. The molecule has 2 rings (SSSR count). The predicted octanol–water partition coefficient (Wildman–Crippen LogP) is 2.99. The molecule has 0 saturated carbocycles. The summed E-state index contributed by atoms with van der Waals surface area (Å²) in [6, 6.07) is 3.37. The van der Waals surface area contributed by atoms with Crippen LogP contribution in [0.25, 0.3) is 0 Å². The first-order valence-electron chi connectivity index (χ1n) is 6.30. The zero-order valence-corrected chi connectivity index (χ0v) is 15.9. The first-order chi connectivity index (χ1) is 10.9. The Hall–Kier alpha value is -1.03. The quantitative estimate of drug-likeness (QED) is 0.498. The summed E-state index contributed by atoms with van der Waals surface area (Å²) < 4.78 is 15.7. The molecule has 0 saturated heterocycles. The molecule has 1 aliphatic heterocycles. The minimum atomic E-state index is -0.709. The van der Waals surface area contributed by atoms with E-state index in [0.717, 1.165) is 3.57 Å². The predicted molar refractivity (Wildman–Crippen MR) is 93.5 cm³/mol. The largest absolute Gasteiger partial charge is 0.466 e. The van der Waals surface area contributed by atoms with Gasteiger partial charge < -0.3 is 19.1 Å². The summed E-state index contributed by atoms with van der Waals surface area (Å²) in [5.74, 6) is -1.40. The maximum atomic E-state index is 12.2. The van der Waals surface area contributed by atoms with Gasteiger partial charge in [-0.2, -0.15) is 0 Å². The second-order valence-corrected chi connectivity index (χ2v) is 6.49. The number of benzene rings is 1. The highest BCUT2D eigenvalue weighted by Crippen LogP contribution is 2.39. The van der Waals surface area contributed by atoms with Crippen LogP contribution in [0.5, 0.6) is 0 Å². The van der Waals surface area contributed by atoms with E-state index in [1.54, 1.807) is 12.1 Å². The number of anilines is 1. The standard InChI is InChI=1S/C14H12Cl2INO5/c1-21-13(19)8-5-23-6-18(11(8)14(20)22-2)12-9(15)3-7(17)4-10(12)16/h3-4H,5-6H2,1-2H3. The van der Waals surface area contributed by atoms with E-state index in [-0.39, 0.29) is 24.6 Å². The zero-order valence-electron chi connectivity index (χ0n) is 12.2. The number of halogens is 3. The lowest BCUT2D eigenvalue weighted by Gasteiger charge is -2.32. The van der Waals surface area contributed by atoms with Gasteiger partial charge in [-0.3, -0.25) is 0 Å². The highest BCUT2D eigenvalue weighted by molar-refractivity contribution is 14.1. The molecule has 0 radical (unpaired) electrons. The third kappa shape index (κ3) is 3.73. The van der Waals surface area contributed by atoms with Gasteiger partial charge in [0.1, 0.15) is 12.4 Å². The van der Waals surface area contributed by atoms with Crippen LogP contribution in [0.1, 0.15) is 0 Å². The number of hydrogen-bond acceptors (Lipinski definition) is 6. The number of rotatable bonds is 3. The Balaban J connectivity index is 2.65. The normalized spacial score (nSPS) is 14.7. The van der Waals surface area contributed by atoms with Crippen LogP contribution in [0.3, 0.4) is 0 Å². The lowest BCUT2D eigenvalue weighted by atomic mass is 10.1. The Labute approximate surface area is 156 Å². The van der Waals surface area contributed by atoms with Crippen molar-refractivity contribution in [3.8, 4) is 0 Å². The van der Waals surface area contributed by atoms with Crippen LogP contribution in [-0.4, -0.2) is 39.5 Å². The van der Waals surface area contributed by atoms with E-state index in [9.17, 15) is 9.59 Å². The Kier molecular flexibility index (Phi) is 6.12. The number of esters is 2. The van der Waals surface area contributed by atoms with Crippen LogP contribution in [-0.2, 0) is 23.8 Å². The fraction of sp³-hybridized carbons (Fsp3) is 0.286. The molecule has 23 heavy (non-hydrogen) atoms. The summed E-state index contributed by atoms with van der Waals surface area (Å²) in [4.78, 5) is 25.5. The fourth-order valence-electron chi connectivity index (χ4n) is 2.11. The van der Waals surface area contributed by atoms with E-state index in [1.165, 1.54) is 19.1 Å². The van der Waals surface area contributed by atoms with Crippen molar-refractivity contribution in [2.75, 3.05) is 32.5 Å². The molecule has 9 heteroatoms. The zero-order chi connectivity index (χ0) is 17.1. The molecular weight excluding hydrogens is 460 g/mol. The molecule has 0 bridgehead atoms. The van der Waals surface area contributed by atoms with Gasteiger partial charge in [-0.15, -0.1) is 0 Å². The van der Waals surface area contributed by atoms with E-state index in [0.29, 0.717) is 15.7 Å².